The Morgan fingerprint density at radius 2 is 2.22 bits per heavy atom. The van der Waals surface area contributed by atoms with E-state index < -0.39 is 0 Å². The topological polar surface area (TPSA) is 45.2 Å². The van der Waals surface area contributed by atoms with Crippen LogP contribution in [-0.2, 0) is 0 Å². The van der Waals surface area contributed by atoms with Gasteiger partial charge in [0.15, 0.2) is 0 Å². The molecule has 18 heavy (non-hydrogen) atoms. The maximum absolute atomic E-state index is 12.6. The van der Waals surface area contributed by atoms with Crippen LogP contribution < -0.4 is 5.32 Å². The molecule has 2 rings (SSSR count). The van der Waals surface area contributed by atoms with E-state index in [-0.39, 0.29) is 5.91 Å². The van der Waals surface area contributed by atoms with Crippen molar-refractivity contribution >= 4 is 22.4 Å². The molecule has 0 aromatic carbocycles. The molecule has 1 saturated heterocycles. The summed E-state index contributed by atoms with van der Waals surface area (Å²) in [7, 11) is 1.84. The Hall–Kier alpha value is -1.10. The zero-order chi connectivity index (χ0) is 13.1. The Balaban J connectivity index is 2.17. The summed E-state index contributed by atoms with van der Waals surface area (Å²) in [6.45, 7) is 5.93. The lowest BCUT2D eigenvalue weighted by atomic mass is 10.0. The lowest BCUT2D eigenvalue weighted by Crippen LogP contribution is -2.32. The molecule has 0 saturated carbocycles. The summed E-state index contributed by atoms with van der Waals surface area (Å²) in [6, 6.07) is 0. The first-order chi connectivity index (χ1) is 8.63. The van der Waals surface area contributed by atoms with E-state index in [1.54, 1.807) is 0 Å². The summed E-state index contributed by atoms with van der Waals surface area (Å²) in [5.41, 5.74) is 1.60. The number of amides is 1. The Morgan fingerprint density at radius 1 is 1.44 bits per heavy atom. The first-order valence-corrected chi connectivity index (χ1v) is 7.34. The molecule has 1 aliphatic rings. The molecule has 1 N–H and O–H groups in total. The van der Waals surface area contributed by atoms with E-state index in [0.29, 0.717) is 0 Å². The highest BCUT2D eigenvalue weighted by molar-refractivity contribution is 7.10. The maximum Gasteiger partial charge on any atom is 0.258 e. The van der Waals surface area contributed by atoms with Crippen molar-refractivity contribution in [2.45, 2.75) is 33.1 Å². The fourth-order valence-corrected chi connectivity index (χ4v) is 3.15. The second-order valence-electron chi connectivity index (χ2n) is 5.05. The number of aryl methyl sites for hydroxylation is 1. The minimum atomic E-state index is 0.139. The van der Waals surface area contributed by atoms with Crippen LogP contribution >= 0.6 is 11.5 Å². The lowest BCUT2D eigenvalue weighted by Gasteiger charge is -2.20. The highest BCUT2D eigenvalue weighted by Gasteiger charge is 2.24. The number of rotatable bonds is 2. The van der Waals surface area contributed by atoms with Gasteiger partial charge in [-0.2, -0.15) is 4.37 Å². The summed E-state index contributed by atoms with van der Waals surface area (Å²) >= 11 is 1.37. The van der Waals surface area contributed by atoms with Crippen LogP contribution in [0.25, 0.3) is 0 Å². The van der Waals surface area contributed by atoms with Gasteiger partial charge >= 0.3 is 0 Å². The average molecular weight is 267 g/mol. The van der Waals surface area contributed by atoms with Crippen LogP contribution in [0.2, 0.25) is 0 Å². The number of anilines is 1. The summed E-state index contributed by atoms with van der Waals surface area (Å²) < 4.78 is 4.27. The molecule has 1 aromatic heterocycles. The van der Waals surface area contributed by atoms with Crippen molar-refractivity contribution in [2.24, 2.45) is 5.92 Å². The molecule has 1 aromatic rings. The molecule has 0 radical (unpaired) electrons. The fourth-order valence-electron chi connectivity index (χ4n) is 2.42. The molecule has 4 nitrogen and oxygen atoms in total. The zero-order valence-electron chi connectivity index (χ0n) is 11.3. The van der Waals surface area contributed by atoms with E-state index in [0.717, 1.165) is 48.1 Å². The van der Waals surface area contributed by atoms with Crippen LogP contribution in [0.15, 0.2) is 0 Å². The van der Waals surface area contributed by atoms with E-state index in [4.69, 9.17) is 0 Å². The Morgan fingerprint density at radius 3 is 2.94 bits per heavy atom. The third kappa shape index (κ3) is 2.66. The molecule has 0 unspecified atom stereocenters. The predicted octanol–water partition coefficient (Wildman–Crippen LogP) is 2.76. The van der Waals surface area contributed by atoms with Gasteiger partial charge < -0.3 is 10.2 Å². The molecule has 5 heteroatoms. The van der Waals surface area contributed by atoms with Gasteiger partial charge in [0.1, 0.15) is 5.00 Å². The minimum absolute atomic E-state index is 0.139. The van der Waals surface area contributed by atoms with Crippen LogP contribution in [0.3, 0.4) is 0 Å². The van der Waals surface area contributed by atoms with Gasteiger partial charge in [-0.3, -0.25) is 4.79 Å². The van der Waals surface area contributed by atoms with Gasteiger partial charge in [0.2, 0.25) is 0 Å². The molecular weight excluding hydrogens is 246 g/mol. The number of likely N-dealkylation sites (tertiary alicyclic amines) is 1. The Bertz CT molecular complexity index is 430. The van der Waals surface area contributed by atoms with Gasteiger partial charge in [0.05, 0.1) is 11.3 Å². The van der Waals surface area contributed by atoms with Crippen molar-refractivity contribution in [2.75, 3.05) is 25.5 Å². The third-order valence-electron chi connectivity index (χ3n) is 3.61. The molecule has 0 bridgehead atoms. The van der Waals surface area contributed by atoms with Crippen molar-refractivity contribution in [1.82, 2.24) is 9.27 Å². The summed E-state index contributed by atoms with van der Waals surface area (Å²) in [4.78, 5) is 14.6. The SMILES string of the molecule is CNc1snc(C)c1C(=O)N1CCC[C@@H](C)CC1. The number of hydrogen-bond donors (Lipinski definition) is 1. The fraction of sp³-hybridized carbons (Fsp3) is 0.692. The van der Waals surface area contributed by atoms with Crippen LogP contribution in [0.1, 0.15) is 42.2 Å². The van der Waals surface area contributed by atoms with E-state index >= 15 is 0 Å². The van der Waals surface area contributed by atoms with E-state index in [9.17, 15) is 4.79 Å². The highest BCUT2D eigenvalue weighted by atomic mass is 32.1. The van der Waals surface area contributed by atoms with Gasteiger partial charge in [-0.15, -0.1) is 0 Å². The number of carbonyl (C=O) groups is 1. The van der Waals surface area contributed by atoms with Gasteiger partial charge in [-0.05, 0) is 43.6 Å². The number of aromatic nitrogens is 1. The first-order valence-electron chi connectivity index (χ1n) is 6.56. The number of nitrogens with zero attached hydrogens (tertiary/aromatic N) is 2. The smallest absolute Gasteiger partial charge is 0.258 e. The molecule has 1 amide bonds. The quantitative estimate of drug-likeness (QED) is 0.896. The average Bonchev–Trinajstić information content (AvgIpc) is 2.59. The predicted molar refractivity (Wildman–Crippen MR) is 75.3 cm³/mol. The Kier molecular flexibility index (Phi) is 4.22. The standard InChI is InChI=1S/C13H21N3OS/c1-9-5-4-7-16(8-6-9)13(17)11-10(2)15-18-12(11)14-3/h9,14H,4-8H2,1-3H3/t9-/m1/s1. The van der Waals surface area contributed by atoms with Gasteiger partial charge in [-0.25, -0.2) is 0 Å². The van der Waals surface area contributed by atoms with E-state index in [1.807, 2.05) is 18.9 Å². The van der Waals surface area contributed by atoms with Crippen molar-refractivity contribution < 1.29 is 4.79 Å². The summed E-state index contributed by atoms with van der Waals surface area (Å²) in [5.74, 6) is 0.868. The summed E-state index contributed by atoms with van der Waals surface area (Å²) in [5, 5.41) is 3.95. The summed E-state index contributed by atoms with van der Waals surface area (Å²) in [6.07, 6.45) is 3.44. The second kappa shape index (κ2) is 5.69. The number of carbonyl (C=O) groups excluding carboxylic acids is 1. The molecule has 1 fully saturated rings. The van der Waals surface area contributed by atoms with Crippen LogP contribution in [0.4, 0.5) is 5.00 Å². The molecule has 2 heterocycles. The third-order valence-corrected chi connectivity index (χ3v) is 4.56. The van der Waals surface area contributed by atoms with Crippen LogP contribution in [-0.4, -0.2) is 35.3 Å². The van der Waals surface area contributed by atoms with Crippen molar-refractivity contribution in [3.8, 4) is 0 Å². The van der Waals surface area contributed by atoms with Crippen molar-refractivity contribution in [1.29, 1.82) is 0 Å². The highest BCUT2D eigenvalue weighted by Crippen LogP contribution is 2.27. The normalized spacial score (nSPS) is 20.6. The second-order valence-corrected chi connectivity index (χ2v) is 5.82. The zero-order valence-corrected chi connectivity index (χ0v) is 12.1. The van der Waals surface area contributed by atoms with Gasteiger partial charge in [-0.1, -0.05) is 6.92 Å². The van der Waals surface area contributed by atoms with Crippen molar-refractivity contribution in [3.63, 3.8) is 0 Å². The van der Waals surface area contributed by atoms with Gasteiger partial charge in [0, 0.05) is 20.1 Å². The first kappa shape index (κ1) is 13.3. The Labute approximate surface area is 113 Å². The molecule has 100 valence electrons. The number of nitrogens with one attached hydrogen (secondary N) is 1. The molecule has 0 aliphatic carbocycles. The minimum Gasteiger partial charge on any atom is -0.378 e. The van der Waals surface area contributed by atoms with E-state index in [2.05, 4.69) is 16.6 Å². The largest absolute Gasteiger partial charge is 0.378 e. The van der Waals surface area contributed by atoms with Crippen LogP contribution in [0.5, 0.6) is 0 Å². The molecule has 0 spiro atoms. The molecular formula is C13H21N3OS. The lowest BCUT2D eigenvalue weighted by molar-refractivity contribution is 0.0761. The van der Waals surface area contributed by atoms with Gasteiger partial charge in [0.25, 0.3) is 5.91 Å². The maximum atomic E-state index is 12.6. The molecule has 1 atom stereocenters. The van der Waals surface area contributed by atoms with Crippen molar-refractivity contribution in [3.05, 3.63) is 11.3 Å². The van der Waals surface area contributed by atoms with E-state index in [1.165, 1.54) is 18.0 Å². The van der Waals surface area contributed by atoms with Crippen LogP contribution in [0, 0.1) is 12.8 Å². The number of hydrogen-bond acceptors (Lipinski definition) is 4. The molecule has 1 aliphatic heterocycles. The monoisotopic (exact) mass is 267 g/mol.